The topological polar surface area (TPSA) is 47.6 Å². The third kappa shape index (κ3) is 5.73. The van der Waals surface area contributed by atoms with E-state index >= 15 is 0 Å². The van der Waals surface area contributed by atoms with Gasteiger partial charge in [0.1, 0.15) is 6.61 Å². The first kappa shape index (κ1) is 20.4. The van der Waals surface area contributed by atoms with Gasteiger partial charge in [0.25, 0.3) is 0 Å². The van der Waals surface area contributed by atoms with E-state index in [1.807, 2.05) is 0 Å². The lowest BCUT2D eigenvalue weighted by Gasteiger charge is -2.47. The highest BCUT2D eigenvalue weighted by Crippen LogP contribution is 2.42. The minimum atomic E-state index is -1.91. The van der Waals surface area contributed by atoms with Crippen LogP contribution < -0.4 is 5.32 Å². The van der Waals surface area contributed by atoms with Crippen LogP contribution in [0.15, 0.2) is 12.2 Å². The largest absolute Gasteiger partial charge is 0.461 e. The molecule has 0 radical (unpaired) electrons. The fourth-order valence-corrected chi connectivity index (χ4v) is 4.61. The molecular formula is C18H35NO3Si. The molecular weight excluding hydrogens is 306 g/mol. The predicted molar refractivity (Wildman–Crippen MR) is 98.1 cm³/mol. The summed E-state index contributed by atoms with van der Waals surface area (Å²) in [5, 5.41) is 3.75. The fourth-order valence-electron chi connectivity index (χ4n) is 2.92. The lowest BCUT2D eigenvalue weighted by atomic mass is 9.88. The van der Waals surface area contributed by atoms with Gasteiger partial charge in [-0.3, -0.25) is 4.79 Å². The van der Waals surface area contributed by atoms with Crippen LogP contribution in [0.2, 0.25) is 18.1 Å². The van der Waals surface area contributed by atoms with Gasteiger partial charge in [0.2, 0.25) is 0 Å². The zero-order chi connectivity index (χ0) is 17.9. The maximum Gasteiger partial charge on any atom is 0.302 e. The molecule has 1 rings (SSSR count). The molecule has 0 saturated carbocycles. The molecule has 23 heavy (non-hydrogen) atoms. The summed E-state index contributed by atoms with van der Waals surface area (Å²) in [6.07, 6.45) is 3.01. The molecule has 0 bridgehead atoms. The molecule has 0 aromatic heterocycles. The third-order valence-electron chi connectivity index (χ3n) is 5.17. The number of ether oxygens (including phenoxy) is 1. The minimum Gasteiger partial charge on any atom is -0.461 e. The molecule has 2 atom stereocenters. The van der Waals surface area contributed by atoms with E-state index < -0.39 is 8.32 Å². The Hall–Kier alpha value is -0.653. The van der Waals surface area contributed by atoms with Crippen molar-refractivity contribution in [3.8, 4) is 0 Å². The molecule has 1 aliphatic rings. The van der Waals surface area contributed by atoms with Crippen molar-refractivity contribution in [2.24, 2.45) is 0 Å². The molecule has 5 heteroatoms. The zero-order valence-electron chi connectivity index (χ0n) is 16.0. The Balaban J connectivity index is 2.90. The van der Waals surface area contributed by atoms with Gasteiger partial charge in [-0.05, 0) is 50.0 Å². The maximum absolute atomic E-state index is 11.0. The standard InChI is InChI=1S/C18H35NO3Si/c1-14(13-21-15(2)20)12-18(6,16-10-9-11-19-16)22-23(7,8)17(3,4)5/h16,19H,1,9-13H2,2-8H3/t16-,18+/m0/s1. The van der Waals surface area contributed by atoms with Crippen molar-refractivity contribution in [3.63, 3.8) is 0 Å². The van der Waals surface area contributed by atoms with E-state index in [1.54, 1.807) is 0 Å². The molecule has 4 nitrogen and oxygen atoms in total. The minimum absolute atomic E-state index is 0.157. The summed E-state index contributed by atoms with van der Waals surface area (Å²) >= 11 is 0. The van der Waals surface area contributed by atoms with Crippen LogP contribution in [0.4, 0.5) is 0 Å². The van der Waals surface area contributed by atoms with Crippen molar-refractivity contribution in [2.75, 3.05) is 13.2 Å². The summed E-state index contributed by atoms with van der Waals surface area (Å²) in [5.74, 6) is -0.267. The van der Waals surface area contributed by atoms with Crippen LogP contribution in [0.1, 0.15) is 53.9 Å². The first-order valence-electron chi connectivity index (χ1n) is 8.61. The number of nitrogens with one attached hydrogen (secondary N) is 1. The van der Waals surface area contributed by atoms with E-state index in [9.17, 15) is 4.79 Å². The molecule has 0 aromatic rings. The zero-order valence-corrected chi connectivity index (χ0v) is 17.0. The van der Waals surface area contributed by atoms with E-state index in [0.717, 1.165) is 18.5 Å². The lowest BCUT2D eigenvalue weighted by molar-refractivity contribution is -0.140. The van der Waals surface area contributed by atoms with Crippen LogP contribution in [0.5, 0.6) is 0 Å². The fraction of sp³-hybridized carbons (Fsp3) is 0.833. The second-order valence-corrected chi connectivity index (χ2v) is 13.3. The summed E-state index contributed by atoms with van der Waals surface area (Å²) < 4.78 is 11.9. The summed E-state index contributed by atoms with van der Waals surface area (Å²) in [5.41, 5.74) is 0.603. The second kappa shape index (κ2) is 7.49. The molecule has 1 fully saturated rings. The molecule has 0 spiro atoms. The van der Waals surface area contributed by atoms with Crippen LogP contribution >= 0.6 is 0 Å². The summed E-state index contributed by atoms with van der Waals surface area (Å²) in [7, 11) is -1.91. The molecule has 1 saturated heterocycles. The molecule has 1 aliphatic heterocycles. The van der Waals surface area contributed by atoms with E-state index in [1.165, 1.54) is 13.3 Å². The molecule has 0 amide bonds. The molecule has 134 valence electrons. The van der Waals surface area contributed by atoms with Crippen LogP contribution in [-0.4, -0.2) is 39.1 Å². The maximum atomic E-state index is 11.0. The highest BCUT2D eigenvalue weighted by molar-refractivity contribution is 6.74. The molecule has 0 unspecified atom stereocenters. The Kier molecular flexibility index (Phi) is 6.64. The number of carbonyl (C=O) groups excluding carboxylic acids is 1. The summed E-state index contributed by atoms with van der Waals surface area (Å²) in [6, 6.07) is 0.325. The molecule has 0 aromatic carbocycles. The van der Waals surface area contributed by atoms with E-state index in [-0.39, 0.29) is 23.2 Å². The van der Waals surface area contributed by atoms with Crippen LogP contribution in [-0.2, 0) is 14.0 Å². The normalized spacial score (nSPS) is 21.8. The summed E-state index contributed by atoms with van der Waals surface area (Å²) in [6.45, 7) is 20.4. The van der Waals surface area contributed by atoms with Crippen molar-refractivity contribution in [1.29, 1.82) is 0 Å². The van der Waals surface area contributed by atoms with Crippen LogP contribution in [0, 0.1) is 0 Å². The van der Waals surface area contributed by atoms with Gasteiger partial charge >= 0.3 is 5.97 Å². The highest BCUT2D eigenvalue weighted by Gasteiger charge is 2.46. The lowest BCUT2D eigenvalue weighted by Crippen LogP contribution is -2.56. The Morgan fingerprint density at radius 2 is 1.91 bits per heavy atom. The van der Waals surface area contributed by atoms with E-state index in [2.05, 4.69) is 52.7 Å². The van der Waals surface area contributed by atoms with Crippen molar-refractivity contribution in [3.05, 3.63) is 12.2 Å². The first-order valence-corrected chi connectivity index (χ1v) is 11.5. The Bertz CT molecular complexity index is 436. The SMILES string of the molecule is C=C(COC(C)=O)C[C@@](C)(O[Si](C)(C)C(C)(C)C)[C@@H]1CCCN1. The van der Waals surface area contributed by atoms with Gasteiger partial charge in [0.15, 0.2) is 8.32 Å². The molecule has 1 N–H and O–H groups in total. The van der Waals surface area contributed by atoms with Gasteiger partial charge in [-0.25, -0.2) is 0 Å². The van der Waals surface area contributed by atoms with E-state index in [0.29, 0.717) is 12.5 Å². The van der Waals surface area contributed by atoms with Gasteiger partial charge in [0, 0.05) is 19.4 Å². The third-order valence-corrected chi connectivity index (χ3v) is 9.76. The highest BCUT2D eigenvalue weighted by atomic mass is 28.4. The number of rotatable bonds is 7. The van der Waals surface area contributed by atoms with Gasteiger partial charge in [0.05, 0.1) is 5.60 Å². The van der Waals surface area contributed by atoms with Gasteiger partial charge in [-0.2, -0.15) is 0 Å². The average Bonchev–Trinajstić information content (AvgIpc) is 2.88. The van der Waals surface area contributed by atoms with Crippen molar-refractivity contribution in [2.45, 2.75) is 83.7 Å². The quantitative estimate of drug-likeness (QED) is 0.431. The van der Waals surface area contributed by atoms with Crippen molar-refractivity contribution >= 4 is 14.3 Å². The molecule has 1 heterocycles. The number of esters is 1. The van der Waals surface area contributed by atoms with Crippen LogP contribution in [0.25, 0.3) is 0 Å². The Labute approximate surface area is 143 Å². The van der Waals surface area contributed by atoms with Gasteiger partial charge in [-0.15, -0.1) is 0 Å². The monoisotopic (exact) mass is 341 g/mol. The van der Waals surface area contributed by atoms with Gasteiger partial charge in [-0.1, -0.05) is 27.4 Å². The van der Waals surface area contributed by atoms with E-state index in [4.69, 9.17) is 9.16 Å². The summed E-state index contributed by atoms with van der Waals surface area (Å²) in [4.78, 5) is 11.0. The predicted octanol–water partition coefficient (Wildman–Crippen LogP) is 4.03. The second-order valence-electron chi connectivity index (χ2n) is 8.53. The Morgan fingerprint density at radius 3 is 2.35 bits per heavy atom. The first-order chi connectivity index (χ1) is 10.4. The number of carbonyl (C=O) groups is 1. The Morgan fingerprint density at radius 1 is 1.30 bits per heavy atom. The smallest absolute Gasteiger partial charge is 0.302 e. The van der Waals surface area contributed by atoms with Crippen LogP contribution in [0.3, 0.4) is 0 Å². The van der Waals surface area contributed by atoms with Gasteiger partial charge < -0.3 is 14.5 Å². The van der Waals surface area contributed by atoms with Crippen molar-refractivity contribution in [1.82, 2.24) is 5.32 Å². The molecule has 0 aliphatic carbocycles. The van der Waals surface area contributed by atoms with Crippen molar-refractivity contribution < 1.29 is 14.0 Å². The number of hydrogen-bond acceptors (Lipinski definition) is 4. The average molecular weight is 342 g/mol. The number of hydrogen-bond donors (Lipinski definition) is 1.